The smallest absolute Gasteiger partial charge is 0.224 e. The fraction of sp³-hybridized carbons (Fsp3) is 0.273. The number of carbonyl (C=O) groups excluding carboxylic acids is 1. The molecular weight excluding hydrogens is 340 g/mol. The summed E-state index contributed by atoms with van der Waals surface area (Å²) in [5, 5.41) is 2.91. The first kappa shape index (κ1) is 18.7. The summed E-state index contributed by atoms with van der Waals surface area (Å²) >= 11 is 0. The molecule has 0 unspecified atom stereocenters. The minimum atomic E-state index is -0.0588. The van der Waals surface area contributed by atoms with Gasteiger partial charge < -0.3 is 14.5 Å². The number of methoxy groups -OCH3 is 1. The third-order valence-electron chi connectivity index (χ3n) is 4.36. The number of anilines is 1. The third kappa shape index (κ3) is 4.97. The van der Waals surface area contributed by atoms with E-state index in [-0.39, 0.29) is 5.91 Å². The SMILES string of the molecule is COc1ccc(-c2cnc(CCC(=O)Nc3ccc(C(C)C)cc3)o2)cc1. The Balaban J connectivity index is 1.53. The first-order valence-corrected chi connectivity index (χ1v) is 9.04. The van der Waals surface area contributed by atoms with Crippen molar-refractivity contribution in [2.24, 2.45) is 0 Å². The Hall–Kier alpha value is -3.08. The van der Waals surface area contributed by atoms with Crippen LogP contribution in [-0.4, -0.2) is 18.0 Å². The summed E-state index contributed by atoms with van der Waals surface area (Å²) in [6.07, 6.45) is 2.44. The van der Waals surface area contributed by atoms with Crippen LogP contribution >= 0.6 is 0 Å². The van der Waals surface area contributed by atoms with Crippen molar-refractivity contribution in [2.75, 3.05) is 12.4 Å². The lowest BCUT2D eigenvalue weighted by molar-refractivity contribution is -0.116. The molecule has 3 aromatic rings. The molecule has 27 heavy (non-hydrogen) atoms. The molecule has 0 atom stereocenters. The summed E-state index contributed by atoms with van der Waals surface area (Å²) in [7, 11) is 1.63. The standard InChI is InChI=1S/C22H24N2O3/c1-15(2)16-4-8-18(9-5-16)24-21(25)12-13-22-23-14-20(27-22)17-6-10-19(26-3)11-7-17/h4-11,14-15H,12-13H2,1-3H3,(H,24,25). The normalized spacial score (nSPS) is 10.8. The van der Waals surface area contributed by atoms with Crippen LogP contribution in [0, 0.1) is 0 Å². The zero-order valence-electron chi connectivity index (χ0n) is 15.9. The van der Waals surface area contributed by atoms with Gasteiger partial charge >= 0.3 is 0 Å². The number of aryl methyl sites for hydroxylation is 1. The van der Waals surface area contributed by atoms with Crippen LogP contribution in [0.1, 0.15) is 37.6 Å². The predicted molar refractivity (Wildman–Crippen MR) is 106 cm³/mol. The lowest BCUT2D eigenvalue weighted by Gasteiger charge is -2.08. The van der Waals surface area contributed by atoms with Gasteiger partial charge in [-0.2, -0.15) is 0 Å². The molecule has 0 saturated heterocycles. The second-order valence-corrected chi connectivity index (χ2v) is 6.67. The van der Waals surface area contributed by atoms with Gasteiger partial charge in [-0.1, -0.05) is 26.0 Å². The van der Waals surface area contributed by atoms with Crippen LogP contribution in [0.4, 0.5) is 5.69 Å². The van der Waals surface area contributed by atoms with Gasteiger partial charge in [0.05, 0.1) is 13.3 Å². The van der Waals surface area contributed by atoms with Crippen molar-refractivity contribution in [1.82, 2.24) is 4.98 Å². The van der Waals surface area contributed by atoms with Crippen LogP contribution in [0.15, 0.2) is 59.1 Å². The maximum atomic E-state index is 12.2. The Morgan fingerprint density at radius 1 is 1.11 bits per heavy atom. The predicted octanol–water partition coefficient (Wildman–Crippen LogP) is 5.04. The Morgan fingerprint density at radius 2 is 1.81 bits per heavy atom. The summed E-state index contributed by atoms with van der Waals surface area (Å²) in [6.45, 7) is 4.29. The van der Waals surface area contributed by atoms with Crippen molar-refractivity contribution in [2.45, 2.75) is 32.6 Å². The molecule has 0 fully saturated rings. The first-order chi connectivity index (χ1) is 13.0. The van der Waals surface area contributed by atoms with Crippen molar-refractivity contribution in [3.8, 4) is 17.1 Å². The monoisotopic (exact) mass is 364 g/mol. The topological polar surface area (TPSA) is 64.4 Å². The number of benzene rings is 2. The van der Waals surface area contributed by atoms with E-state index in [0.717, 1.165) is 17.0 Å². The largest absolute Gasteiger partial charge is 0.497 e. The quantitative estimate of drug-likeness (QED) is 0.637. The number of carbonyl (C=O) groups is 1. The lowest BCUT2D eigenvalue weighted by Crippen LogP contribution is -2.12. The summed E-state index contributed by atoms with van der Waals surface area (Å²) in [5.74, 6) is 2.43. The molecule has 3 rings (SSSR count). The van der Waals surface area contributed by atoms with E-state index in [1.807, 2.05) is 48.5 Å². The van der Waals surface area contributed by atoms with Crippen LogP contribution in [0.25, 0.3) is 11.3 Å². The van der Waals surface area contributed by atoms with Gasteiger partial charge in [-0.15, -0.1) is 0 Å². The number of hydrogen-bond donors (Lipinski definition) is 1. The van der Waals surface area contributed by atoms with E-state index in [4.69, 9.17) is 9.15 Å². The molecule has 0 aliphatic carbocycles. The molecule has 0 spiro atoms. The average molecular weight is 364 g/mol. The van der Waals surface area contributed by atoms with E-state index >= 15 is 0 Å². The van der Waals surface area contributed by atoms with E-state index in [2.05, 4.69) is 24.1 Å². The van der Waals surface area contributed by atoms with Gasteiger partial charge in [-0.05, 0) is 47.9 Å². The molecule has 1 heterocycles. The maximum Gasteiger partial charge on any atom is 0.224 e. The maximum absolute atomic E-state index is 12.2. The molecule has 0 aliphatic rings. The molecule has 5 nitrogen and oxygen atoms in total. The van der Waals surface area contributed by atoms with Gasteiger partial charge in [0.25, 0.3) is 0 Å². The molecule has 1 N–H and O–H groups in total. The van der Waals surface area contributed by atoms with Crippen molar-refractivity contribution >= 4 is 11.6 Å². The number of rotatable bonds is 7. The zero-order valence-corrected chi connectivity index (χ0v) is 15.9. The van der Waals surface area contributed by atoms with Crippen LogP contribution in [0.3, 0.4) is 0 Å². The van der Waals surface area contributed by atoms with Crippen LogP contribution in [0.2, 0.25) is 0 Å². The fourth-order valence-electron chi connectivity index (χ4n) is 2.71. The number of amides is 1. The van der Waals surface area contributed by atoms with Crippen molar-refractivity contribution < 1.29 is 13.9 Å². The summed E-state index contributed by atoms with van der Waals surface area (Å²) < 4.78 is 10.9. The molecule has 0 aliphatic heterocycles. The van der Waals surface area contributed by atoms with Gasteiger partial charge in [-0.3, -0.25) is 4.79 Å². The van der Waals surface area contributed by atoms with Gasteiger partial charge in [-0.25, -0.2) is 4.98 Å². The van der Waals surface area contributed by atoms with Crippen molar-refractivity contribution in [1.29, 1.82) is 0 Å². The number of nitrogens with one attached hydrogen (secondary N) is 1. The van der Waals surface area contributed by atoms with E-state index in [9.17, 15) is 4.79 Å². The van der Waals surface area contributed by atoms with Gasteiger partial charge in [0.15, 0.2) is 11.7 Å². The number of aromatic nitrogens is 1. The lowest BCUT2D eigenvalue weighted by atomic mass is 10.0. The highest BCUT2D eigenvalue weighted by atomic mass is 16.5. The van der Waals surface area contributed by atoms with Gasteiger partial charge in [0, 0.05) is 24.1 Å². The number of nitrogens with zero attached hydrogens (tertiary/aromatic N) is 1. The van der Waals surface area contributed by atoms with E-state index < -0.39 is 0 Å². The molecule has 0 radical (unpaired) electrons. The van der Waals surface area contributed by atoms with Gasteiger partial charge in [0.1, 0.15) is 5.75 Å². The second kappa shape index (κ2) is 8.54. The highest BCUT2D eigenvalue weighted by molar-refractivity contribution is 5.90. The van der Waals surface area contributed by atoms with E-state index in [1.165, 1.54) is 5.56 Å². The van der Waals surface area contributed by atoms with Crippen molar-refractivity contribution in [3.63, 3.8) is 0 Å². The number of ether oxygens (including phenoxy) is 1. The van der Waals surface area contributed by atoms with E-state index in [0.29, 0.717) is 30.4 Å². The molecule has 2 aromatic carbocycles. The molecule has 0 saturated carbocycles. The molecular formula is C22H24N2O3. The summed E-state index contributed by atoms with van der Waals surface area (Å²) in [5.41, 5.74) is 2.97. The molecule has 1 amide bonds. The summed E-state index contributed by atoms with van der Waals surface area (Å²) in [6, 6.07) is 15.5. The highest BCUT2D eigenvalue weighted by Crippen LogP contribution is 2.23. The number of oxazole rings is 1. The minimum Gasteiger partial charge on any atom is -0.497 e. The Morgan fingerprint density at radius 3 is 2.44 bits per heavy atom. The Kier molecular flexibility index (Phi) is 5.91. The highest BCUT2D eigenvalue weighted by Gasteiger charge is 2.10. The molecule has 1 aromatic heterocycles. The van der Waals surface area contributed by atoms with E-state index in [1.54, 1.807) is 13.3 Å². The third-order valence-corrected chi connectivity index (χ3v) is 4.36. The first-order valence-electron chi connectivity index (χ1n) is 9.04. The Bertz CT molecular complexity index is 881. The molecule has 0 bridgehead atoms. The average Bonchev–Trinajstić information content (AvgIpc) is 3.16. The van der Waals surface area contributed by atoms with Crippen LogP contribution in [0.5, 0.6) is 5.75 Å². The molecule has 5 heteroatoms. The summed E-state index contributed by atoms with van der Waals surface area (Å²) in [4.78, 5) is 16.4. The van der Waals surface area contributed by atoms with Gasteiger partial charge in [0.2, 0.25) is 5.91 Å². The second-order valence-electron chi connectivity index (χ2n) is 6.67. The Labute approximate surface area is 159 Å². The van der Waals surface area contributed by atoms with Crippen LogP contribution in [-0.2, 0) is 11.2 Å². The number of hydrogen-bond acceptors (Lipinski definition) is 4. The minimum absolute atomic E-state index is 0.0588. The fourth-order valence-corrected chi connectivity index (χ4v) is 2.71. The zero-order chi connectivity index (χ0) is 19.2. The molecule has 140 valence electrons. The van der Waals surface area contributed by atoms with Crippen molar-refractivity contribution in [3.05, 3.63) is 66.2 Å². The van der Waals surface area contributed by atoms with Crippen LogP contribution < -0.4 is 10.1 Å².